The number of benzene rings is 3. The molecule has 3 atom stereocenters. The molecule has 0 aromatic heterocycles. The van der Waals surface area contributed by atoms with Gasteiger partial charge in [-0.15, -0.1) is 11.8 Å². The molecule has 4 rings (SSSR count). The Kier molecular flexibility index (Phi) is 8.67. The number of nitrogens with zero attached hydrogens (tertiary/aromatic N) is 1. The number of thioether (sulfide) groups is 1. The molecule has 0 amide bonds. The molecular weight excluding hydrogens is 526 g/mol. The van der Waals surface area contributed by atoms with Crippen molar-refractivity contribution >= 4 is 35.1 Å². The quantitative estimate of drug-likeness (QED) is 0.191. The van der Waals surface area contributed by atoms with Gasteiger partial charge in [0.15, 0.2) is 11.4 Å². The average Bonchev–Trinajstić information content (AvgIpc) is 3.35. The Morgan fingerprint density at radius 2 is 1.71 bits per heavy atom. The third-order valence-electron chi connectivity index (χ3n) is 6.60. The monoisotopic (exact) mass is 555 g/mol. The molecule has 7 nitrogen and oxygen atoms in total. The Hall–Kier alpha value is -3.04. The molecule has 0 saturated carbocycles. The summed E-state index contributed by atoms with van der Waals surface area (Å²) < 4.78 is 11.5. The second kappa shape index (κ2) is 11.8. The molecule has 1 aliphatic heterocycles. The van der Waals surface area contributed by atoms with Gasteiger partial charge in [-0.3, -0.25) is 4.79 Å². The molecule has 2 N–H and O–H groups in total. The number of hydrogen-bond donors (Lipinski definition) is 2. The van der Waals surface area contributed by atoms with Crippen molar-refractivity contribution in [1.29, 1.82) is 0 Å². The van der Waals surface area contributed by atoms with E-state index in [-0.39, 0.29) is 18.2 Å². The number of ketones is 1. The Morgan fingerprint density at radius 1 is 1.03 bits per heavy atom. The number of halogens is 1. The third-order valence-corrected chi connectivity index (χ3v) is 7.60. The van der Waals surface area contributed by atoms with Gasteiger partial charge < -0.3 is 19.7 Å². The lowest BCUT2D eigenvalue weighted by atomic mass is 9.84. The zero-order valence-electron chi connectivity index (χ0n) is 21.3. The largest absolute Gasteiger partial charge is 0.478 e. The lowest BCUT2D eigenvalue weighted by Gasteiger charge is -2.24. The molecular formula is C29H30ClNO6S. The Labute approximate surface area is 231 Å². The van der Waals surface area contributed by atoms with Crippen molar-refractivity contribution in [2.75, 3.05) is 19.3 Å². The lowest BCUT2D eigenvalue weighted by molar-refractivity contribution is -0.152. The molecule has 200 valence electrons. The summed E-state index contributed by atoms with van der Waals surface area (Å²) in [6, 6.07) is 21.3. The van der Waals surface area contributed by atoms with Crippen molar-refractivity contribution in [3.05, 3.63) is 88.9 Å². The smallest absolute Gasteiger partial charge is 0.347 e. The van der Waals surface area contributed by atoms with Gasteiger partial charge in [0, 0.05) is 40.4 Å². The highest BCUT2D eigenvalue weighted by atomic mass is 35.5. The van der Waals surface area contributed by atoms with Crippen LogP contribution in [0.3, 0.4) is 0 Å². The van der Waals surface area contributed by atoms with Gasteiger partial charge in [0.2, 0.25) is 0 Å². The molecule has 9 heteroatoms. The number of ether oxygens (including phenoxy) is 2. The van der Waals surface area contributed by atoms with Crippen LogP contribution >= 0.6 is 23.4 Å². The molecule has 0 bridgehead atoms. The van der Waals surface area contributed by atoms with Crippen LogP contribution in [0.5, 0.6) is 11.5 Å². The summed E-state index contributed by atoms with van der Waals surface area (Å²) in [5.74, 6) is -1.04. The number of Topliss-reactive ketones (excluding diaryl/α,β-unsaturated/α-hetero) is 1. The SMILES string of the molecule is CSc1ccc(C(=O)C2CN(C(O)Oc3ccc(Cl)cc3)CC2c2cccc(OC(C)(C)C(=O)O)c2)cc1. The molecule has 38 heavy (non-hydrogen) atoms. The van der Waals surface area contributed by atoms with Crippen molar-refractivity contribution in [1.82, 2.24) is 4.90 Å². The fraction of sp³-hybridized carbons (Fsp3) is 0.310. The maximum atomic E-state index is 13.7. The van der Waals surface area contributed by atoms with Gasteiger partial charge >= 0.3 is 5.97 Å². The van der Waals surface area contributed by atoms with Crippen LogP contribution < -0.4 is 9.47 Å². The predicted molar refractivity (Wildman–Crippen MR) is 147 cm³/mol. The topological polar surface area (TPSA) is 96.3 Å². The first kappa shape index (κ1) is 28.0. The predicted octanol–water partition coefficient (Wildman–Crippen LogP) is 5.56. The molecule has 0 radical (unpaired) electrons. The van der Waals surface area contributed by atoms with Crippen LogP contribution in [0, 0.1) is 5.92 Å². The summed E-state index contributed by atoms with van der Waals surface area (Å²) in [5.41, 5.74) is -0.0202. The molecule has 1 fully saturated rings. The summed E-state index contributed by atoms with van der Waals surface area (Å²) in [7, 11) is 0. The number of carboxylic acids is 1. The number of carbonyl (C=O) groups excluding carboxylic acids is 1. The summed E-state index contributed by atoms with van der Waals surface area (Å²) in [6.07, 6.45) is 0.700. The highest BCUT2D eigenvalue weighted by molar-refractivity contribution is 7.98. The minimum Gasteiger partial charge on any atom is -0.478 e. The van der Waals surface area contributed by atoms with Gasteiger partial charge in [-0.1, -0.05) is 35.9 Å². The second-order valence-electron chi connectivity index (χ2n) is 9.65. The van der Waals surface area contributed by atoms with Crippen LogP contribution in [0.2, 0.25) is 5.02 Å². The molecule has 1 heterocycles. The van der Waals surface area contributed by atoms with Crippen molar-refractivity contribution in [2.45, 2.75) is 36.7 Å². The standard InChI is InChI=1S/C29H30ClNO6S/c1-29(2,27(33)34)37-22-6-4-5-19(15-22)24-16-31(28(35)36-21-11-9-20(30)10-12-21)17-25(24)26(32)18-7-13-23(38-3)14-8-18/h4-15,24-25,28,35H,16-17H2,1-3H3,(H,33,34). The molecule has 3 unspecified atom stereocenters. The first-order valence-electron chi connectivity index (χ1n) is 12.1. The van der Waals surface area contributed by atoms with Crippen molar-refractivity contribution in [3.63, 3.8) is 0 Å². The third kappa shape index (κ3) is 6.50. The fourth-order valence-electron chi connectivity index (χ4n) is 4.44. The number of carbonyl (C=O) groups is 2. The minimum absolute atomic E-state index is 0.0407. The molecule has 3 aromatic carbocycles. The van der Waals surface area contributed by atoms with E-state index in [2.05, 4.69) is 0 Å². The first-order chi connectivity index (χ1) is 18.1. The number of aliphatic hydroxyl groups is 1. The highest BCUT2D eigenvalue weighted by Gasteiger charge is 2.42. The van der Waals surface area contributed by atoms with Gasteiger partial charge in [-0.2, -0.15) is 0 Å². The van der Waals surface area contributed by atoms with E-state index in [1.54, 1.807) is 59.1 Å². The lowest BCUT2D eigenvalue weighted by Crippen LogP contribution is -2.38. The van der Waals surface area contributed by atoms with E-state index in [9.17, 15) is 19.8 Å². The summed E-state index contributed by atoms with van der Waals surface area (Å²) in [6.45, 7) is 3.58. The zero-order chi connectivity index (χ0) is 27.4. The zero-order valence-corrected chi connectivity index (χ0v) is 22.9. The second-order valence-corrected chi connectivity index (χ2v) is 11.0. The fourth-order valence-corrected chi connectivity index (χ4v) is 4.98. The normalized spacial score (nSPS) is 18.7. The maximum Gasteiger partial charge on any atom is 0.347 e. The summed E-state index contributed by atoms with van der Waals surface area (Å²) in [4.78, 5) is 28.1. The molecule has 1 saturated heterocycles. The average molecular weight is 556 g/mol. The number of carboxylic acid groups (broad SMARTS) is 1. The van der Waals surface area contributed by atoms with E-state index >= 15 is 0 Å². The first-order valence-corrected chi connectivity index (χ1v) is 13.7. The Bertz CT molecular complexity index is 1280. The summed E-state index contributed by atoms with van der Waals surface area (Å²) >= 11 is 7.55. The van der Waals surface area contributed by atoms with E-state index in [0.29, 0.717) is 28.6 Å². The summed E-state index contributed by atoms with van der Waals surface area (Å²) in [5, 5.41) is 20.9. The number of rotatable bonds is 10. The number of aliphatic carboxylic acids is 1. The van der Waals surface area contributed by atoms with Gasteiger partial charge in [0.1, 0.15) is 11.5 Å². The van der Waals surface area contributed by atoms with E-state index < -0.39 is 23.9 Å². The van der Waals surface area contributed by atoms with Crippen LogP contribution in [0.15, 0.2) is 77.7 Å². The van der Waals surface area contributed by atoms with Crippen LogP contribution in [0.25, 0.3) is 0 Å². The number of aliphatic hydroxyl groups excluding tert-OH is 1. The maximum absolute atomic E-state index is 13.7. The Morgan fingerprint density at radius 3 is 2.34 bits per heavy atom. The van der Waals surface area contributed by atoms with Gasteiger partial charge in [-0.05, 0) is 74.2 Å². The van der Waals surface area contributed by atoms with Crippen LogP contribution in [0.4, 0.5) is 0 Å². The number of hydrogen-bond acceptors (Lipinski definition) is 7. The molecule has 0 aliphatic carbocycles. The van der Waals surface area contributed by atoms with Crippen LogP contribution in [-0.2, 0) is 4.79 Å². The van der Waals surface area contributed by atoms with Crippen molar-refractivity contribution < 1.29 is 29.3 Å². The van der Waals surface area contributed by atoms with Crippen LogP contribution in [-0.4, -0.2) is 58.2 Å². The van der Waals surface area contributed by atoms with E-state index in [0.717, 1.165) is 10.5 Å². The van der Waals surface area contributed by atoms with Gasteiger partial charge in [0.05, 0.1) is 0 Å². The van der Waals surface area contributed by atoms with E-state index in [4.69, 9.17) is 21.1 Å². The molecule has 0 spiro atoms. The van der Waals surface area contributed by atoms with E-state index in [1.807, 2.05) is 36.6 Å². The Balaban J connectivity index is 1.62. The van der Waals surface area contributed by atoms with Crippen molar-refractivity contribution in [3.8, 4) is 11.5 Å². The molecule has 1 aliphatic rings. The number of likely N-dealkylation sites (tertiary alicyclic amines) is 1. The van der Waals surface area contributed by atoms with Gasteiger partial charge in [-0.25, -0.2) is 9.69 Å². The van der Waals surface area contributed by atoms with E-state index in [1.165, 1.54) is 13.8 Å². The van der Waals surface area contributed by atoms with Gasteiger partial charge in [0.25, 0.3) is 6.41 Å². The molecule has 3 aromatic rings. The van der Waals surface area contributed by atoms with Crippen LogP contribution in [0.1, 0.15) is 35.7 Å². The highest BCUT2D eigenvalue weighted by Crippen LogP contribution is 2.38. The van der Waals surface area contributed by atoms with Crippen molar-refractivity contribution in [2.24, 2.45) is 5.92 Å². The minimum atomic E-state index is -1.42.